The highest BCUT2D eigenvalue weighted by Crippen LogP contribution is 2.34. The van der Waals surface area contributed by atoms with E-state index in [0.29, 0.717) is 27.2 Å². The Morgan fingerprint density at radius 1 is 0.897 bits per heavy atom. The molecular weight excluding hydrogens is 427 g/mol. The standard InChI is InChI=1S/C23H17Cl3N2O/c24-14-9-10-17(21(26)11-14)23(29)28-13-18(15-5-1-3-7-20(15)25)19-12-27-22-8-4-2-6-16(19)22/h1-12,18,27H,13H2,(H,28,29). The van der Waals surface area contributed by atoms with Gasteiger partial charge < -0.3 is 10.3 Å². The second-order valence-corrected chi connectivity index (χ2v) is 7.95. The molecule has 1 atom stereocenters. The van der Waals surface area contributed by atoms with E-state index in [1.54, 1.807) is 18.2 Å². The number of H-pyrrole nitrogens is 1. The van der Waals surface area contributed by atoms with Crippen LogP contribution in [0.4, 0.5) is 0 Å². The summed E-state index contributed by atoms with van der Waals surface area (Å²) in [4.78, 5) is 16.1. The predicted molar refractivity (Wildman–Crippen MR) is 120 cm³/mol. The van der Waals surface area contributed by atoms with Crippen LogP contribution in [0.5, 0.6) is 0 Å². The molecule has 1 aromatic heterocycles. The number of halogens is 3. The van der Waals surface area contributed by atoms with Crippen LogP contribution in [0.15, 0.2) is 72.9 Å². The first-order chi connectivity index (χ1) is 14.0. The van der Waals surface area contributed by atoms with Gasteiger partial charge in [-0.3, -0.25) is 4.79 Å². The van der Waals surface area contributed by atoms with Gasteiger partial charge >= 0.3 is 0 Å². The molecular formula is C23H17Cl3N2O. The maximum atomic E-state index is 12.8. The lowest BCUT2D eigenvalue weighted by molar-refractivity contribution is 0.0952. The number of amides is 1. The average molecular weight is 444 g/mol. The molecule has 6 heteroatoms. The lowest BCUT2D eigenvalue weighted by Gasteiger charge is -2.19. The lowest BCUT2D eigenvalue weighted by atomic mass is 9.90. The summed E-state index contributed by atoms with van der Waals surface area (Å²) in [5.41, 5.74) is 3.43. The van der Waals surface area contributed by atoms with E-state index in [9.17, 15) is 4.79 Å². The highest BCUT2D eigenvalue weighted by Gasteiger charge is 2.22. The third-order valence-corrected chi connectivity index (χ3v) is 5.81. The lowest BCUT2D eigenvalue weighted by Crippen LogP contribution is -2.29. The topological polar surface area (TPSA) is 44.9 Å². The number of benzene rings is 3. The van der Waals surface area contributed by atoms with E-state index >= 15 is 0 Å². The van der Waals surface area contributed by atoms with Crippen LogP contribution >= 0.6 is 34.8 Å². The van der Waals surface area contributed by atoms with Crippen LogP contribution in [0.3, 0.4) is 0 Å². The van der Waals surface area contributed by atoms with Gasteiger partial charge in [-0.15, -0.1) is 0 Å². The molecule has 3 aromatic carbocycles. The normalized spacial score (nSPS) is 12.1. The van der Waals surface area contributed by atoms with Gasteiger partial charge in [0, 0.05) is 39.6 Å². The van der Waals surface area contributed by atoms with E-state index in [2.05, 4.69) is 16.4 Å². The van der Waals surface area contributed by atoms with Crippen molar-refractivity contribution in [3.8, 4) is 0 Å². The van der Waals surface area contributed by atoms with Gasteiger partial charge in [-0.1, -0.05) is 71.2 Å². The van der Waals surface area contributed by atoms with E-state index in [-0.39, 0.29) is 11.8 Å². The number of hydrogen-bond acceptors (Lipinski definition) is 1. The van der Waals surface area contributed by atoms with Crippen LogP contribution in [0, 0.1) is 0 Å². The van der Waals surface area contributed by atoms with Gasteiger partial charge in [0.25, 0.3) is 5.91 Å². The predicted octanol–water partition coefficient (Wildman–Crippen LogP) is 6.69. The fourth-order valence-corrected chi connectivity index (χ4v) is 4.25. The average Bonchev–Trinajstić information content (AvgIpc) is 3.13. The molecule has 0 fully saturated rings. The zero-order valence-electron chi connectivity index (χ0n) is 15.3. The van der Waals surface area contributed by atoms with Gasteiger partial charge in [-0.2, -0.15) is 0 Å². The molecule has 0 aliphatic carbocycles. The fraction of sp³-hybridized carbons (Fsp3) is 0.0870. The monoisotopic (exact) mass is 442 g/mol. The highest BCUT2D eigenvalue weighted by molar-refractivity contribution is 6.36. The third kappa shape index (κ3) is 4.13. The van der Waals surface area contributed by atoms with Crippen molar-refractivity contribution < 1.29 is 4.79 Å². The van der Waals surface area contributed by atoms with Gasteiger partial charge in [0.1, 0.15) is 0 Å². The molecule has 0 spiro atoms. The highest BCUT2D eigenvalue weighted by atomic mass is 35.5. The summed E-state index contributed by atoms with van der Waals surface area (Å²) in [7, 11) is 0. The number of aromatic amines is 1. The molecule has 0 aliphatic rings. The SMILES string of the molecule is O=C(NCC(c1ccccc1Cl)c1c[nH]c2ccccc12)c1ccc(Cl)cc1Cl. The minimum absolute atomic E-state index is 0.130. The molecule has 0 saturated heterocycles. The van der Waals surface area contributed by atoms with Crippen LogP contribution in [-0.2, 0) is 0 Å². The van der Waals surface area contributed by atoms with E-state index < -0.39 is 0 Å². The van der Waals surface area contributed by atoms with Crippen LogP contribution in [0.25, 0.3) is 10.9 Å². The first-order valence-electron chi connectivity index (χ1n) is 9.08. The van der Waals surface area contributed by atoms with E-state index in [4.69, 9.17) is 34.8 Å². The molecule has 0 aliphatic heterocycles. The van der Waals surface area contributed by atoms with Gasteiger partial charge in [0.15, 0.2) is 0 Å². The van der Waals surface area contributed by atoms with Gasteiger partial charge in [-0.05, 0) is 41.5 Å². The van der Waals surface area contributed by atoms with E-state index in [1.807, 2.05) is 48.7 Å². The number of aromatic nitrogens is 1. The molecule has 29 heavy (non-hydrogen) atoms. The zero-order valence-corrected chi connectivity index (χ0v) is 17.5. The second kappa shape index (κ2) is 8.50. The van der Waals surface area contributed by atoms with Crippen LogP contribution in [-0.4, -0.2) is 17.4 Å². The van der Waals surface area contributed by atoms with Crippen molar-refractivity contribution in [1.82, 2.24) is 10.3 Å². The number of fused-ring (bicyclic) bond motifs is 1. The number of hydrogen-bond donors (Lipinski definition) is 2. The summed E-state index contributed by atoms with van der Waals surface area (Å²) >= 11 is 18.6. The van der Waals surface area contributed by atoms with Crippen molar-refractivity contribution in [3.63, 3.8) is 0 Å². The Hall–Kier alpha value is -2.46. The Morgan fingerprint density at radius 2 is 1.66 bits per heavy atom. The second-order valence-electron chi connectivity index (χ2n) is 6.70. The zero-order chi connectivity index (χ0) is 20.4. The summed E-state index contributed by atoms with van der Waals surface area (Å²) in [6, 6.07) is 20.6. The summed E-state index contributed by atoms with van der Waals surface area (Å²) in [5, 5.41) is 5.55. The largest absolute Gasteiger partial charge is 0.361 e. The Labute approximate surface area is 183 Å². The molecule has 3 nitrogen and oxygen atoms in total. The summed E-state index contributed by atoms with van der Waals surface area (Å²) in [5.74, 6) is -0.390. The molecule has 0 saturated carbocycles. The Morgan fingerprint density at radius 3 is 2.45 bits per heavy atom. The summed E-state index contributed by atoms with van der Waals surface area (Å²) < 4.78 is 0. The molecule has 2 N–H and O–H groups in total. The maximum Gasteiger partial charge on any atom is 0.252 e. The van der Waals surface area contributed by atoms with E-state index in [1.165, 1.54) is 0 Å². The van der Waals surface area contributed by atoms with Crippen molar-refractivity contribution >= 4 is 51.6 Å². The molecule has 4 rings (SSSR count). The van der Waals surface area contributed by atoms with Crippen LogP contribution in [0.2, 0.25) is 15.1 Å². The first kappa shape index (κ1) is 19.8. The van der Waals surface area contributed by atoms with Crippen LogP contribution in [0.1, 0.15) is 27.4 Å². The summed E-state index contributed by atoms with van der Waals surface area (Å²) in [6.07, 6.45) is 1.97. The molecule has 1 amide bonds. The molecule has 4 aromatic rings. The van der Waals surface area contributed by atoms with Crippen molar-refractivity contribution in [2.24, 2.45) is 0 Å². The molecule has 146 valence electrons. The van der Waals surface area contributed by atoms with Gasteiger partial charge in [0.05, 0.1) is 10.6 Å². The minimum Gasteiger partial charge on any atom is -0.361 e. The fourth-order valence-electron chi connectivity index (χ4n) is 3.49. The Kier molecular flexibility index (Phi) is 5.81. The molecule has 1 heterocycles. The van der Waals surface area contributed by atoms with Crippen molar-refractivity contribution in [2.45, 2.75) is 5.92 Å². The summed E-state index contributed by atoms with van der Waals surface area (Å²) in [6.45, 7) is 0.364. The minimum atomic E-state index is -0.261. The molecule has 0 radical (unpaired) electrons. The Bertz CT molecular complexity index is 1190. The first-order valence-corrected chi connectivity index (χ1v) is 10.2. The van der Waals surface area contributed by atoms with E-state index in [0.717, 1.165) is 22.0 Å². The molecule has 0 bridgehead atoms. The number of rotatable bonds is 5. The van der Waals surface area contributed by atoms with Crippen molar-refractivity contribution in [3.05, 3.63) is 105 Å². The van der Waals surface area contributed by atoms with Gasteiger partial charge in [-0.25, -0.2) is 0 Å². The number of para-hydroxylation sites is 1. The number of carbonyl (C=O) groups is 1. The molecule has 1 unspecified atom stereocenters. The number of nitrogens with one attached hydrogen (secondary N) is 2. The van der Waals surface area contributed by atoms with Crippen LogP contribution < -0.4 is 5.32 Å². The maximum absolute atomic E-state index is 12.8. The Balaban J connectivity index is 1.68. The van der Waals surface area contributed by atoms with Crippen molar-refractivity contribution in [1.29, 1.82) is 0 Å². The smallest absolute Gasteiger partial charge is 0.252 e. The number of carbonyl (C=O) groups excluding carboxylic acids is 1. The van der Waals surface area contributed by atoms with Crippen molar-refractivity contribution in [2.75, 3.05) is 6.54 Å². The third-order valence-electron chi connectivity index (χ3n) is 4.92. The quantitative estimate of drug-likeness (QED) is 0.354. The van der Waals surface area contributed by atoms with Gasteiger partial charge in [0.2, 0.25) is 0 Å².